The fraction of sp³-hybridized carbons (Fsp3) is 0.276. The van der Waals surface area contributed by atoms with Crippen molar-refractivity contribution in [3.05, 3.63) is 90.3 Å². The summed E-state index contributed by atoms with van der Waals surface area (Å²) in [5.74, 6) is 0.129. The topological polar surface area (TPSA) is 109 Å². The molecule has 2 aromatic carbocycles. The van der Waals surface area contributed by atoms with E-state index in [1.54, 1.807) is 29.2 Å². The molecule has 2 atom stereocenters. The van der Waals surface area contributed by atoms with Crippen molar-refractivity contribution in [3.63, 3.8) is 0 Å². The molecule has 0 saturated carbocycles. The molecule has 0 bridgehead atoms. The van der Waals surface area contributed by atoms with Crippen molar-refractivity contribution in [1.82, 2.24) is 13.9 Å². The van der Waals surface area contributed by atoms with E-state index < -0.39 is 10.0 Å². The molecule has 1 amide bonds. The number of anilines is 1. The van der Waals surface area contributed by atoms with Crippen LogP contribution in [0.25, 0.3) is 11.0 Å². The molecule has 9 nitrogen and oxygen atoms in total. The highest BCUT2D eigenvalue weighted by atomic mass is 32.2. The molecule has 10 heteroatoms. The van der Waals surface area contributed by atoms with Gasteiger partial charge in [0.05, 0.1) is 22.2 Å². The Kier molecular flexibility index (Phi) is 7.26. The largest absolute Gasteiger partial charge is 0.445 e. The van der Waals surface area contributed by atoms with Crippen molar-refractivity contribution in [3.8, 4) is 6.07 Å². The third-order valence-corrected chi connectivity index (χ3v) is 9.00. The summed E-state index contributed by atoms with van der Waals surface area (Å²) in [5.41, 5.74) is 2.08. The third kappa shape index (κ3) is 4.93. The van der Waals surface area contributed by atoms with E-state index in [1.807, 2.05) is 42.3 Å². The van der Waals surface area contributed by atoms with Gasteiger partial charge in [0.1, 0.15) is 12.7 Å². The van der Waals surface area contributed by atoms with Gasteiger partial charge in [0.15, 0.2) is 5.65 Å². The predicted molar refractivity (Wildman–Crippen MR) is 148 cm³/mol. The van der Waals surface area contributed by atoms with Gasteiger partial charge >= 0.3 is 6.09 Å². The Hall–Kier alpha value is -4.36. The van der Waals surface area contributed by atoms with Crippen LogP contribution in [0, 0.1) is 17.2 Å². The monoisotopic (exact) mass is 543 g/mol. The second-order valence-corrected chi connectivity index (χ2v) is 11.4. The summed E-state index contributed by atoms with van der Waals surface area (Å²) in [7, 11) is -2.00. The number of pyridine rings is 1. The summed E-state index contributed by atoms with van der Waals surface area (Å²) in [6.45, 7) is 3.21. The minimum atomic E-state index is -3.88. The molecule has 0 N–H and O–H groups in total. The lowest BCUT2D eigenvalue weighted by atomic mass is 9.98. The van der Waals surface area contributed by atoms with Gasteiger partial charge in [0, 0.05) is 37.9 Å². The van der Waals surface area contributed by atoms with E-state index in [1.165, 1.54) is 24.5 Å². The first-order chi connectivity index (χ1) is 18.8. The highest BCUT2D eigenvalue weighted by Gasteiger charge is 2.38. The molecule has 3 heterocycles. The number of carbonyl (C=O) groups is 1. The summed E-state index contributed by atoms with van der Waals surface area (Å²) in [6, 6.07) is 21.5. The number of benzene rings is 2. The SMILES string of the molecule is CC[C@@H]1CN(C(=O)OCc2ccccc2)CC1N(C)c1c(C#N)cnc2c1ccn2S(=O)(=O)c1ccccc1. The Morgan fingerprint density at radius 1 is 1.10 bits per heavy atom. The summed E-state index contributed by atoms with van der Waals surface area (Å²) in [5, 5.41) is 10.5. The average Bonchev–Trinajstić information content (AvgIpc) is 3.61. The molecule has 0 aliphatic carbocycles. The molecule has 0 radical (unpaired) electrons. The normalized spacial score (nSPS) is 17.2. The number of ether oxygens (including phenoxy) is 1. The number of likely N-dealkylation sites (tertiary alicyclic amines) is 1. The Morgan fingerprint density at radius 3 is 2.46 bits per heavy atom. The zero-order valence-electron chi connectivity index (χ0n) is 21.8. The van der Waals surface area contributed by atoms with Gasteiger partial charge in [-0.3, -0.25) is 0 Å². The number of aromatic nitrogens is 2. The Morgan fingerprint density at radius 2 is 1.79 bits per heavy atom. The van der Waals surface area contributed by atoms with Gasteiger partial charge in [0.2, 0.25) is 0 Å². The number of rotatable bonds is 7. The summed E-state index contributed by atoms with van der Waals surface area (Å²) >= 11 is 0. The van der Waals surface area contributed by atoms with Crippen LogP contribution < -0.4 is 4.90 Å². The maximum Gasteiger partial charge on any atom is 0.410 e. The maximum absolute atomic E-state index is 13.4. The van der Waals surface area contributed by atoms with Crippen LogP contribution in [0.5, 0.6) is 0 Å². The molecule has 0 spiro atoms. The average molecular weight is 544 g/mol. The molecular weight excluding hydrogens is 514 g/mol. The number of carbonyl (C=O) groups excluding carboxylic acids is 1. The first kappa shape index (κ1) is 26.3. The fourth-order valence-electron chi connectivity index (χ4n) is 5.23. The van der Waals surface area contributed by atoms with E-state index in [-0.39, 0.29) is 35.2 Å². The first-order valence-corrected chi connectivity index (χ1v) is 14.2. The standard InChI is InChI=1S/C29H29N5O4S/c1-3-22-18-33(29(35)38-20-21-10-6-4-7-11-21)19-26(22)32(2)27-23(16-30)17-31-28-25(27)14-15-34(28)39(36,37)24-12-8-5-9-13-24/h4-15,17,22,26H,3,18-20H2,1-2H3/t22-,26?/m1/s1. The van der Waals surface area contributed by atoms with Crippen molar-refractivity contribution in [2.75, 3.05) is 25.0 Å². The number of nitrogens with zero attached hydrogens (tertiary/aromatic N) is 5. The van der Waals surface area contributed by atoms with E-state index in [0.29, 0.717) is 29.7 Å². The predicted octanol–water partition coefficient (Wildman–Crippen LogP) is 4.63. The van der Waals surface area contributed by atoms with Gasteiger partial charge in [-0.05, 0) is 36.1 Å². The minimum Gasteiger partial charge on any atom is -0.445 e. The van der Waals surface area contributed by atoms with Crippen molar-refractivity contribution in [2.24, 2.45) is 5.92 Å². The van der Waals surface area contributed by atoms with Gasteiger partial charge < -0.3 is 14.5 Å². The molecule has 39 heavy (non-hydrogen) atoms. The Balaban J connectivity index is 1.45. The van der Waals surface area contributed by atoms with E-state index in [0.717, 1.165) is 16.0 Å². The zero-order valence-corrected chi connectivity index (χ0v) is 22.6. The lowest BCUT2D eigenvalue weighted by Gasteiger charge is -2.31. The number of likely N-dealkylation sites (N-methyl/N-ethyl adjacent to an activating group) is 1. The van der Waals surface area contributed by atoms with Crippen LogP contribution in [0.2, 0.25) is 0 Å². The number of amides is 1. The smallest absolute Gasteiger partial charge is 0.410 e. The number of nitriles is 1. The summed E-state index contributed by atoms with van der Waals surface area (Å²) in [4.78, 5) is 21.1. The summed E-state index contributed by atoms with van der Waals surface area (Å²) in [6.07, 6.45) is 3.32. The van der Waals surface area contributed by atoms with Crippen LogP contribution in [-0.4, -0.2) is 54.5 Å². The molecule has 1 aliphatic rings. The number of fused-ring (bicyclic) bond motifs is 1. The molecule has 2 aromatic heterocycles. The summed E-state index contributed by atoms with van der Waals surface area (Å²) < 4.78 is 33.5. The molecule has 1 unspecified atom stereocenters. The maximum atomic E-state index is 13.4. The van der Waals surface area contributed by atoms with Crippen LogP contribution >= 0.6 is 0 Å². The molecule has 200 valence electrons. The first-order valence-electron chi connectivity index (χ1n) is 12.7. The molecular formula is C29H29N5O4S. The fourth-order valence-corrected chi connectivity index (χ4v) is 6.55. The highest BCUT2D eigenvalue weighted by Crippen LogP contribution is 2.36. The van der Waals surface area contributed by atoms with Crippen LogP contribution in [0.15, 0.2) is 84.0 Å². The molecule has 4 aromatic rings. The van der Waals surface area contributed by atoms with Crippen molar-refractivity contribution in [1.29, 1.82) is 5.26 Å². The van der Waals surface area contributed by atoms with Gasteiger partial charge in [-0.1, -0.05) is 55.5 Å². The van der Waals surface area contributed by atoms with Gasteiger partial charge in [-0.25, -0.2) is 22.2 Å². The second kappa shape index (κ2) is 10.8. The Labute approximate surface area is 227 Å². The van der Waals surface area contributed by atoms with Crippen LogP contribution in [0.4, 0.5) is 10.5 Å². The van der Waals surface area contributed by atoms with E-state index in [9.17, 15) is 18.5 Å². The number of hydrogen-bond acceptors (Lipinski definition) is 7. The third-order valence-electron chi connectivity index (χ3n) is 7.32. The van der Waals surface area contributed by atoms with Crippen LogP contribution in [0.1, 0.15) is 24.5 Å². The number of hydrogen-bond donors (Lipinski definition) is 0. The van der Waals surface area contributed by atoms with E-state index in [2.05, 4.69) is 18.0 Å². The minimum absolute atomic E-state index is 0.106. The highest BCUT2D eigenvalue weighted by molar-refractivity contribution is 7.90. The molecule has 5 rings (SSSR count). The second-order valence-electron chi connectivity index (χ2n) is 9.59. The van der Waals surface area contributed by atoms with Crippen LogP contribution in [0.3, 0.4) is 0 Å². The quantitative estimate of drug-likeness (QED) is 0.334. The van der Waals surface area contributed by atoms with E-state index in [4.69, 9.17) is 4.74 Å². The van der Waals surface area contributed by atoms with Gasteiger partial charge in [-0.2, -0.15) is 5.26 Å². The van der Waals surface area contributed by atoms with Crippen molar-refractivity contribution < 1.29 is 17.9 Å². The molecule has 1 fully saturated rings. The van der Waals surface area contributed by atoms with Crippen LogP contribution in [-0.2, 0) is 21.4 Å². The zero-order chi connectivity index (χ0) is 27.6. The van der Waals surface area contributed by atoms with Gasteiger partial charge in [0.25, 0.3) is 10.0 Å². The lowest BCUT2D eigenvalue weighted by molar-refractivity contribution is 0.103. The Bertz CT molecular complexity index is 1630. The van der Waals surface area contributed by atoms with Gasteiger partial charge in [-0.15, -0.1) is 0 Å². The van der Waals surface area contributed by atoms with Crippen molar-refractivity contribution >= 4 is 32.8 Å². The molecule has 1 saturated heterocycles. The lowest BCUT2D eigenvalue weighted by Crippen LogP contribution is -2.39. The van der Waals surface area contributed by atoms with E-state index >= 15 is 0 Å². The molecule has 1 aliphatic heterocycles. The van der Waals surface area contributed by atoms with Crippen molar-refractivity contribution in [2.45, 2.75) is 30.9 Å².